The van der Waals surface area contributed by atoms with Crippen molar-refractivity contribution >= 4 is 11.3 Å². The lowest BCUT2D eigenvalue weighted by Gasteiger charge is -2.40. The van der Waals surface area contributed by atoms with Gasteiger partial charge in [0.1, 0.15) is 5.75 Å². The van der Waals surface area contributed by atoms with E-state index in [4.69, 9.17) is 4.74 Å². The maximum Gasteiger partial charge on any atom is 0.119 e. The molecule has 2 nitrogen and oxygen atoms in total. The third kappa shape index (κ3) is 2.02. The molecule has 110 valence electrons. The molecule has 0 spiro atoms. The molecule has 2 aliphatic rings. The van der Waals surface area contributed by atoms with Gasteiger partial charge in [0.25, 0.3) is 0 Å². The van der Waals surface area contributed by atoms with Crippen LogP contribution in [0.5, 0.6) is 5.75 Å². The van der Waals surface area contributed by atoms with Crippen LogP contribution in [0.2, 0.25) is 0 Å². The van der Waals surface area contributed by atoms with Crippen molar-refractivity contribution in [3.63, 3.8) is 0 Å². The van der Waals surface area contributed by atoms with E-state index in [1.165, 1.54) is 34.5 Å². The molecular formula is C18H21NOS. The highest BCUT2D eigenvalue weighted by Crippen LogP contribution is 2.42. The Hall–Kier alpha value is -1.32. The fourth-order valence-electron chi connectivity index (χ4n) is 3.79. The van der Waals surface area contributed by atoms with E-state index in [2.05, 4.69) is 36.9 Å². The van der Waals surface area contributed by atoms with E-state index in [0.717, 1.165) is 18.7 Å². The summed E-state index contributed by atoms with van der Waals surface area (Å²) in [6, 6.07) is 7.18. The number of fused-ring (bicyclic) bond motifs is 4. The highest BCUT2D eigenvalue weighted by molar-refractivity contribution is 7.12. The number of thiophene rings is 1. The normalized spacial score (nSPS) is 20.6. The van der Waals surface area contributed by atoms with Crippen LogP contribution in [0.25, 0.3) is 0 Å². The molecular weight excluding hydrogens is 278 g/mol. The molecule has 4 rings (SSSR count). The minimum absolute atomic E-state index is 0.560. The second-order valence-corrected chi connectivity index (χ2v) is 7.50. The van der Waals surface area contributed by atoms with Gasteiger partial charge >= 0.3 is 0 Å². The molecule has 2 aromatic rings. The van der Waals surface area contributed by atoms with Gasteiger partial charge in [0.2, 0.25) is 0 Å². The SMILES string of the molecule is COc1ccc2c(c1)CCN1Cc3c(sc(C)c3C)C[C@@H]21. The van der Waals surface area contributed by atoms with Crippen LogP contribution in [0, 0.1) is 13.8 Å². The van der Waals surface area contributed by atoms with Crippen LogP contribution in [-0.2, 0) is 19.4 Å². The smallest absolute Gasteiger partial charge is 0.119 e. The molecule has 0 saturated heterocycles. The van der Waals surface area contributed by atoms with Crippen LogP contribution < -0.4 is 4.74 Å². The zero-order chi connectivity index (χ0) is 14.6. The van der Waals surface area contributed by atoms with Crippen molar-refractivity contribution in [3.8, 4) is 5.75 Å². The van der Waals surface area contributed by atoms with Gasteiger partial charge in [0.05, 0.1) is 7.11 Å². The zero-order valence-corrected chi connectivity index (χ0v) is 13.7. The first-order chi connectivity index (χ1) is 10.2. The van der Waals surface area contributed by atoms with E-state index in [9.17, 15) is 0 Å². The lowest BCUT2D eigenvalue weighted by molar-refractivity contribution is 0.162. The van der Waals surface area contributed by atoms with Gasteiger partial charge in [-0.15, -0.1) is 11.3 Å². The summed E-state index contributed by atoms with van der Waals surface area (Å²) in [5, 5.41) is 0. The Morgan fingerprint density at radius 1 is 1.29 bits per heavy atom. The molecule has 0 aliphatic carbocycles. The van der Waals surface area contributed by atoms with Crippen molar-refractivity contribution in [2.75, 3.05) is 13.7 Å². The van der Waals surface area contributed by atoms with E-state index in [-0.39, 0.29) is 0 Å². The molecule has 0 radical (unpaired) electrons. The number of hydrogen-bond donors (Lipinski definition) is 0. The van der Waals surface area contributed by atoms with Crippen LogP contribution in [-0.4, -0.2) is 18.6 Å². The predicted molar refractivity (Wildman–Crippen MR) is 87.3 cm³/mol. The van der Waals surface area contributed by atoms with Gasteiger partial charge in [-0.1, -0.05) is 6.07 Å². The number of ether oxygens (including phenoxy) is 1. The van der Waals surface area contributed by atoms with Gasteiger partial charge in [-0.3, -0.25) is 4.90 Å². The van der Waals surface area contributed by atoms with Gasteiger partial charge in [-0.2, -0.15) is 0 Å². The van der Waals surface area contributed by atoms with Crippen molar-refractivity contribution in [2.24, 2.45) is 0 Å². The summed E-state index contributed by atoms with van der Waals surface area (Å²) in [6.07, 6.45) is 2.31. The number of benzene rings is 1. The molecule has 0 amide bonds. The average Bonchev–Trinajstić information content (AvgIpc) is 2.79. The molecule has 0 bridgehead atoms. The van der Waals surface area contributed by atoms with Crippen molar-refractivity contribution in [1.29, 1.82) is 0 Å². The Kier molecular flexibility index (Phi) is 3.09. The first kappa shape index (κ1) is 13.4. The number of aryl methyl sites for hydroxylation is 1. The van der Waals surface area contributed by atoms with Crippen molar-refractivity contribution in [2.45, 2.75) is 39.3 Å². The van der Waals surface area contributed by atoms with Crippen molar-refractivity contribution in [1.82, 2.24) is 4.90 Å². The highest BCUT2D eigenvalue weighted by Gasteiger charge is 2.33. The molecule has 3 heterocycles. The van der Waals surface area contributed by atoms with E-state index in [0.29, 0.717) is 6.04 Å². The van der Waals surface area contributed by atoms with Crippen LogP contribution in [0.1, 0.15) is 38.0 Å². The van der Waals surface area contributed by atoms with E-state index >= 15 is 0 Å². The summed E-state index contributed by atoms with van der Waals surface area (Å²) in [5.41, 5.74) is 6.11. The molecule has 1 aromatic heterocycles. The molecule has 21 heavy (non-hydrogen) atoms. The Bertz CT molecular complexity index is 703. The number of rotatable bonds is 1. The molecule has 0 saturated carbocycles. The topological polar surface area (TPSA) is 12.5 Å². The van der Waals surface area contributed by atoms with Crippen molar-refractivity contribution in [3.05, 3.63) is 50.2 Å². The Morgan fingerprint density at radius 3 is 2.95 bits per heavy atom. The quantitative estimate of drug-likeness (QED) is 0.788. The first-order valence-corrected chi connectivity index (χ1v) is 8.47. The standard InChI is InChI=1S/C18H21NOS/c1-11-12(2)21-18-9-17-15-5-4-14(20-3)8-13(15)6-7-19(17)10-16(11)18/h4-5,8,17H,6-7,9-10H2,1-3H3/t17-/m0/s1. The summed E-state index contributed by atoms with van der Waals surface area (Å²) in [5.74, 6) is 0.988. The Balaban J connectivity index is 1.75. The molecule has 0 N–H and O–H groups in total. The van der Waals surface area contributed by atoms with E-state index < -0.39 is 0 Å². The molecule has 2 aliphatic heterocycles. The summed E-state index contributed by atoms with van der Waals surface area (Å²) in [7, 11) is 1.75. The summed E-state index contributed by atoms with van der Waals surface area (Å²) in [6.45, 7) is 6.84. The van der Waals surface area contributed by atoms with E-state index in [1.807, 2.05) is 11.3 Å². The van der Waals surface area contributed by atoms with Gasteiger partial charge in [-0.05, 0) is 54.7 Å². The molecule has 1 aromatic carbocycles. The maximum absolute atomic E-state index is 5.38. The van der Waals surface area contributed by atoms with E-state index in [1.54, 1.807) is 17.6 Å². The van der Waals surface area contributed by atoms with Crippen LogP contribution in [0.15, 0.2) is 18.2 Å². The summed E-state index contributed by atoms with van der Waals surface area (Å²) < 4.78 is 5.38. The second kappa shape index (κ2) is 4.85. The monoisotopic (exact) mass is 299 g/mol. The lowest BCUT2D eigenvalue weighted by atomic mass is 9.86. The first-order valence-electron chi connectivity index (χ1n) is 7.66. The largest absolute Gasteiger partial charge is 0.497 e. The van der Waals surface area contributed by atoms with Crippen LogP contribution >= 0.6 is 11.3 Å². The van der Waals surface area contributed by atoms with Crippen LogP contribution in [0.3, 0.4) is 0 Å². The molecule has 0 fully saturated rings. The van der Waals surface area contributed by atoms with Crippen molar-refractivity contribution < 1.29 is 4.74 Å². The number of nitrogens with zero attached hydrogens (tertiary/aromatic N) is 1. The Labute approximate surface area is 130 Å². The van der Waals surface area contributed by atoms with Gasteiger partial charge in [-0.25, -0.2) is 0 Å². The van der Waals surface area contributed by atoms with Gasteiger partial charge < -0.3 is 4.74 Å². The predicted octanol–water partition coefficient (Wildman–Crippen LogP) is 4.03. The third-order valence-electron chi connectivity index (χ3n) is 5.15. The fourth-order valence-corrected chi connectivity index (χ4v) is 5.02. The zero-order valence-electron chi connectivity index (χ0n) is 12.9. The average molecular weight is 299 g/mol. The summed E-state index contributed by atoms with van der Waals surface area (Å²) in [4.78, 5) is 5.76. The Morgan fingerprint density at radius 2 is 2.14 bits per heavy atom. The minimum Gasteiger partial charge on any atom is -0.497 e. The molecule has 1 atom stereocenters. The number of methoxy groups -OCH3 is 1. The lowest BCUT2D eigenvalue weighted by Crippen LogP contribution is -2.39. The maximum atomic E-state index is 5.38. The fraction of sp³-hybridized carbons (Fsp3) is 0.444. The van der Waals surface area contributed by atoms with Crippen LogP contribution in [0.4, 0.5) is 0 Å². The molecule has 0 unspecified atom stereocenters. The molecule has 3 heteroatoms. The van der Waals surface area contributed by atoms with Gasteiger partial charge in [0.15, 0.2) is 0 Å². The number of hydrogen-bond acceptors (Lipinski definition) is 3. The highest BCUT2D eigenvalue weighted by atomic mass is 32.1. The minimum atomic E-state index is 0.560. The summed E-state index contributed by atoms with van der Waals surface area (Å²) >= 11 is 2.00. The second-order valence-electron chi connectivity index (χ2n) is 6.19. The van der Waals surface area contributed by atoms with Gasteiger partial charge in [0, 0.05) is 35.3 Å². The third-order valence-corrected chi connectivity index (χ3v) is 6.42.